The highest BCUT2D eigenvalue weighted by molar-refractivity contribution is 6.94. The summed E-state index contributed by atoms with van der Waals surface area (Å²) in [6, 6.07) is 54.3. The van der Waals surface area contributed by atoms with Crippen LogP contribution in [0.15, 0.2) is 140 Å². The van der Waals surface area contributed by atoms with Gasteiger partial charge in [0.2, 0.25) is 0 Å². The summed E-state index contributed by atoms with van der Waals surface area (Å²) in [6.45, 7) is 17.2. The standard InChI is InChI=1S/C60H48BN3/c1-33-29-43-44(59(4,5)28-27-58(43,2)3)32-49(33)64-57-41(30-40-36-19-10-14-25-47(36)62-48-26-15-11-20-38(48)52(57)56(40)62)51-53-39(34-17-8-12-22-42(34)60(53,6)7)31-50-54(51)61(64)45-23-16-21-37-35-18-9-13-24-46(35)63(50)55(37)45/h8-26,29-32H,27-28H2,1-7H3. The molecule has 0 radical (unpaired) electrons. The lowest BCUT2D eigenvalue weighted by Crippen LogP contribution is -2.61. The molecule has 2 aliphatic carbocycles. The SMILES string of the molecule is Cc1cc2c(cc1N1B3c4c(cc5c(c4-c4cc6c7ccccc7n7c8ccccc8c(c41)c67)C(C)(C)c1ccccc1-5)-n1c4ccccc4c4cccc3c41)C(C)(C)CCC2(C)C. The number of anilines is 2. The van der Waals surface area contributed by atoms with Crippen LogP contribution in [-0.2, 0) is 16.2 Å². The summed E-state index contributed by atoms with van der Waals surface area (Å²) >= 11 is 0. The Kier molecular flexibility index (Phi) is 6.29. The summed E-state index contributed by atoms with van der Waals surface area (Å²) < 4.78 is 5.23. The monoisotopic (exact) mass is 821 g/mol. The third-order valence-corrected chi connectivity index (χ3v) is 16.9. The molecule has 0 bridgehead atoms. The lowest BCUT2D eigenvalue weighted by molar-refractivity contribution is 0.332. The molecule has 2 aliphatic heterocycles. The zero-order chi connectivity index (χ0) is 42.9. The second-order valence-electron chi connectivity index (χ2n) is 21.5. The van der Waals surface area contributed by atoms with E-state index in [1.165, 1.54) is 151 Å². The number of nitrogens with zero attached hydrogens (tertiary/aromatic N) is 3. The maximum atomic E-state index is 2.87. The Hall–Kier alpha value is -6.78. The van der Waals surface area contributed by atoms with Crippen molar-refractivity contribution in [3.8, 4) is 27.9 Å². The van der Waals surface area contributed by atoms with Gasteiger partial charge >= 0.3 is 6.85 Å². The van der Waals surface area contributed by atoms with Crippen LogP contribution in [0.1, 0.15) is 82.2 Å². The number of aryl methyl sites for hydroxylation is 1. The summed E-state index contributed by atoms with van der Waals surface area (Å²) in [6.07, 6.45) is 2.36. The summed E-state index contributed by atoms with van der Waals surface area (Å²) in [5.41, 5.74) is 25.8. The molecule has 0 N–H and O–H groups in total. The van der Waals surface area contributed by atoms with Crippen molar-refractivity contribution in [2.45, 2.75) is 77.6 Å². The zero-order valence-electron chi connectivity index (χ0n) is 37.6. The third-order valence-electron chi connectivity index (χ3n) is 16.9. The van der Waals surface area contributed by atoms with Crippen LogP contribution in [0, 0.1) is 6.92 Å². The van der Waals surface area contributed by atoms with Crippen LogP contribution in [-0.4, -0.2) is 15.8 Å². The fourth-order valence-electron chi connectivity index (χ4n) is 13.9. The zero-order valence-corrected chi connectivity index (χ0v) is 37.6. The van der Waals surface area contributed by atoms with E-state index in [9.17, 15) is 0 Å². The number of hydrogen-bond donors (Lipinski definition) is 0. The van der Waals surface area contributed by atoms with Crippen molar-refractivity contribution in [3.63, 3.8) is 0 Å². The Morgan fingerprint density at radius 3 is 1.89 bits per heavy atom. The van der Waals surface area contributed by atoms with Gasteiger partial charge in [-0.15, -0.1) is 0 Å². The molecule has 0 amide bonds. The number of aromatic nitrogens is 2. The Labute approximate surface area is 374 Å². The van der Waals surface area contributed by atoms with Crippen LogP contribution in [0.3, 0.4) is 0 Å². The number of para-hydroxylation sites is 4. The Bertz CT molecular complexity index is 3960. The van der Waals surface area contributed by atoms with Gasteiger partial charge in [-0.05, 0) is 122 Å². The minimum absolute atomic E-state index is 0.0460. The number of fused-ring (bicyclic) bond motifs is 19. The fraction of sp³-hybridized carbons (Fsp3) is 0.200. The summed E-state index contributed by atoms with van der Waals surface area (Å²) in [5, 5.41) is 7.94. The molecule has 8 aromatic carbocycles. The van der Waals surface area contributed by atoms with Gasteiger partial charge in [0.15, 0.2) is 0 Å². The first kappa shape index (κ1) is 35.7. The summed E-state index contributed by atoms with van der Waals surface area (Å²) in [5.74, 6) is 0. The van der Waals surface area contributed by atoms with Crippen LogP contribution in [0.2, 0.25) is 0 Å². The molecular formula is C60H48BN3. The van der Waals surface area contributed by atoms with Crippen molar-refractivity contribution in [1.29, 1.82) is 0 Å². The molecule has 0 saturated heterocycles. The van der Waals surface area contributed by atoms with E-state index in [-0.39, 0.29) is 23.1 Å². The molecule has 5 heterocycles. The molecule has 0 saturated carbocycles. The molecule has 0 unspecified atom stereocenters. The van der Waals surface area contributed by atoms with Crippen molar-refractivity contribution in [1.82, 2.24) is 8.97 Å². The summed E-state index contributed by atoms with van der Waals surface area (Å²) in [4.78, 5) is 2.87. The highest BCUT2D eigenvalue weighted by atomic mass is 15.1. The number of hydrogen-bond acceptors (Lipinski definition) is 1. The second kappa shape index (κ2) is 11.3. The summed E-state index contributed by atoms with van der Waals surface area (Å²) in [7, 11) is 0. The van der Waals surface area contributed by atoms with Crippen molar-refractivity contribution in [2.24, 2.45) is 0 Å². The van der Waals surface area contributed by atoms with E-state index >= 15 is 0 Å². The average Bonchev–Trinajstić information content (AvgIpc) is 4.00. The first-order valence-corrected chi connectivity index (χ1v) is 23.4. The van der Waals surface area contributed by atoms with Crippen molar-refractivity contribution in [3.05, 3.63) is 167 Å². The van der Waals surface area contributed by atoms with Gasteiger partial charge in [0.25, 0.3) is 0 Å². The van der Waals surface area contributed by atoms with E-state index in [4.69, 9.17) is 0 Å². The molecule has 15 rings (SSSR count). The quantitative estimate of drug-likeness (QED) is 0.150. The second-order valence-corrected chi connectivity index (χ2v) is 21.5. The van der Waals surface area contributed by atoms with E-state index in [0.717, 1.165) is 0 Å². The number of benzene rings is 8. The molecule has 64 heavy (non-hydrogen) atoms. The van der Waals surface area contributed by atoms with Crippen LogP contribution < -0.4 is 15.7 Å². The van der Waals surface area contributed by atoms with Crippen LogP contribution in [0.5, 0.6) is 0 Å². The van der Waals surface area contributed by atoms with Gasteiger partial charge in [0.1, 0.15) is 0 Å². The Morgan fingerprint density at radius 1 is 0.500 bits per heavy atom. The van der Waals surface area contributed by atoms with E-state index in [1.54, 1.807) is 0 Å². The normalized spacial score (nSPS) is 17.2. The number of rotatable bonds is 1. The maximum absolute atomic E-state index is 2.87. The van der Waals surface area contributed by atoms with Gasteiger partial charge in [-0.2, -0.15) is 0 Å². The molecule has 0 fully saturated rings. The van der Waals surface area contributed by atoms with E-state index < -0.39 is 0 Å². The van der Waals surface area contributed by atoms with E-state index in [2.05, 4.69) is 202 Å². The highest BCUT2D eigenvalue weighted by Crippen LogP contribution is 2.60. The van der Waals surface area contributed by atoms with Crippen LogP contribution >= 0.6 is 0 Å². The molecular weight excluding hydrogens is 773 g/mol. The molecule has 4 aliphatic rings. The van der Waals surface area contributed by atoms with Crippen molar-refractivity contribution < 1.29 is 0 Å². The first-order chi connectivity index (χ1) is 31.0. The average molecular weight is 822 g/mol. The van der Waals surface area contributed by atoms with Crippen LogP contribution in [0.4, 0.5) is 11.4 Å². The van der Waals surface area contributed by atoms with Crippen molar-refractivity contribution in [2.75, 3.05) is 4.81 Å². The minimum Gasteiger partial charge on any atom is -0.376 e. The molecule has 306 valence electrons. The van der Waals surface area contributed by atoms with Gasteiger partial charge in [0, 0.05) is 60.4 Å². The largest absolute Gasteiger partial charge is 0.376 e. The van der Waals surface area contributed by atoms with Gasteiger partial charge in [-0.25, -0.2) is 0 Å². The Balaban J connectivity index is 1.22. The first-order valence-electron chi connectivity index (χ1n) is 23.4. The minimum atomic E-state index is -0.232. The van der Waals surface area contributed by atoms with Crippen LogP contribution in [0.25, 0.3) is 87.8 Å². The molecule has 0 atom stereocenters. The molecule has 3 nitrogen and oxygen atoms in total. The lowest BCUT2D eigenvalue weighted by atomic mass is 9.43. The smallest absolute Gasteiger partial charge is 0.333 e. The van der Waals surface area contributed by atoms with Gasteiger partial charge in [-0.3, -0.25) is 0 Å². The highest BCUT2D eigenvalue weighted by Gasteiger charge is 2.50. The molecule has 11 aromatic rings. The van der Waals surface area contributed by atoms with E-state index in [0.29, 0.717) is 0 Å². The van der Waals surface area contributed by atoms with Crippen molar-refractivity contribution >= 4 is 89.0 Å². The fourth-order valence-corrected chi connectivity index (χ4v) is 13.9. The molecule has 0 spiro atoms. The maximum Gasteiger partial charge on any atom is 0.333 e. The van der Waals surface area contributed by atoms with Gasteiger partial charge < -0.3 is 13.8 Å². The van der Waals surface area contributed by atoms with E-state index in [1.807, 2.05) is 0 Å². The lowest BCUT2D eigenvalue weighted by Gasteiger charge is -2.46. The Morgan fingerprint density at radius 2 is 1.12 bits per heavy atom. The molecule has 3 aromatic heterocycles. The predicted molar refractivity (Wildman–Crippen MR) is 272 cm³/mol. The predicted octanol–water partition coefficient (Wildman–Crippen LogP) is 14.1. The third kappa shape index (κ3) is 3.97. The topological polar surface area (TPSA) is 12.6 Å². The molecule has 4 heteroatoms. The van der Waals surface area contributed by atoms with Gasteiger partial charge in [-0.1, -0.05) is 145 Å². The van der Waals surface area contributed by atoms with Gasteiger partial charge in [0.05, 0.1) is 27.6 Å².